The predicted octanol–water partition coefficient (Wildman–Crippen LogP) is 1.19. The van der Waals surface area contributed by atoms with Crippen LogP contribution in [-0.4, -0.2) is 55.9 Å². The van der Waals surface area contributed by atoms with Crippen molar-refractivity contribution in [3.8, 4) is 0 Å². The Hall–Kier alpha value is -0.620. The number of hydrogen-bond donors (Lipinski definition) is 1. The Kier molecular flexibility index (Phi) is 5.66. The molecule has 0 aromatic heterocycles. The lowest BCUT2D eigenvalue weighted by molar-refractivity contribution is -0.133. The molecule has 5 nitrogen and oxygen atoms in total. The summed E-state index contributed by atoms with van der Waals surface area (Å²) in [6, 6.07) is 0.442. The van der Waals surface area contributed by atoms with Crippen LogP contribution in [0, 0.1) is 5.92 Å². The number of amides is 1. The van der Waals surface area contributed by atoms with E-state index in [-0.39, 0.29) is 11.7 Å². The Morgan fingerprint density at radius 1 is 1.29 bits per heavy atom. The van der Waals surface area contributed by atoms with E-state index in [0.29, 0.717) is 37.9 Å². The highest BCUT2D eigenvalue weighted by atomic mass is 32.2. The van der Waals surface area contributed by atoms with Gasteiger partial charge < -0.3 is 10.2 Å². The van der Waals surface area contributed by atoms with Gasteiger partial charge in [0.15, 0.2) is 9.84 Å². The van der Waals surface area contributed by atoms with Gasteiger partial charge in [0.05, 0.1) is 5.75 Å². The molecule has 3 atom stereocenters. The summed E-state index contributed by atoms with van der Waals surface area (Å²) in [7, 11) is -3.22. The van der Waals surface area contributed by atoms with Crippen molar-refractivity contribution in [3.05, 3.63) is 0 Å². The lowest BCUT2D eigenvalue weighted by atomic mass is 9.93. The molecule has 2 rings (SSSR count). The van der Waals surface area contributed by atoms with Gasteiger partial charge in [0.25, 0.3) is 0 Å². The van der Waals surface area contributed by atoms with Crippen molar-refractivity contribution in [2.45, 2.75) is 57.2 Å². The summed E-state index contributed by atoms with van der Waals surface area (Å²) in [6.07, 6.45) is 4.07. The van der Waals surface area contributed by atoms with E-state index in [1.807, 2.05) is 0 Å². The van der Waals surface area contributed by atoms with Gasteiger partial charge in [-0.15, -0.1) is 0 Å². The number of nitrogens with one attached hydrogen (secondary N) is 1. The zero-order chi connectivity index (χ0) is 15.5. The standard InChI is InChI=1S/C15H28N2O3S/c1-3-8-16-13-7-9-17(11-12(13)2)15(18)14-6-4-5-10-21(14,19)20/h12-14,16H,3-11H2,1-2H3. The predicted molar refractivity (Wildman–Crippen MR) is 83.9 cm³/mol. The summed E-state index contributed by atoms with van der Waals surface area (Å²) < 4.78 is 24.2. The fraction of sp³-hybridized carbons (Fsp3) is 0.933. The largest absolute Gasteiger partial charge is 0.341 e. The fourth-order valence-electron chi connectivity index (χ4n) is 3.41. The van der Waals surface area contributed by atoms with Crippen LogP contribution in [0.2, 0.25) is 0 Å². The van der Waals surface area contributed by atoms with Crippen LogP contribution in [0.4, 0.5) is 0 Å². The summed E-state index contributed by atoms with van der Waals surface area (Å²) in [5, 5.41) is 2.74. The third-order valence-electron chi connectivity index (χ3n) is 4.73. The molecule has 21 heavy (non-hydrogen) atoms. The summed E-state index contributed by atoms with van der Waals surface area (Å²) in [5.74, 6) is 0.393. The van der Waals surface area contributed by atoms with Gasteiger partial charge in [-0.2, -0.15) is 0 Å². The van der Waals surface area contributed by atoms with Crippen LogP contribution in [0.5, 0.6) is 0 Å². The molecule has 122 valence electrons. The van der Waals surface area contributed by atoms with E-state index in [9.17, 15) is 13.2 Å². The number of hydrogen-bond acceptors (Lipinski definition) is 4. The maximum absolute atomic E-state index is 12.6. The molecule has 0 spiro atoms. The van der Waals surface area contributed by atoms with E-state index in [1.54, 1.807) is 4.90 Å². The van der Waals surface area contributed by atoms with Gasteiger partial charge in [-0.1, -0.05) is 20.3 Å². The monoisotopic (exact) mass is 316 g/mol. The second-order valence-corrected chi connectivity index (χ2v) is 8.77. The van der Waals surface area contributed by atoms with E-state index in [1.165, 1.54) is 0 Å². The number of likely N-dealkylation sites (tertiary alicyclic amines) is 1. The molecule has 0 saturated carbocycles. The molecular formula is C15H28N2O3S. The first-order valence-electron chi connectivity index (χ1n) is 8.19. The van der Waals surface area contributed by atoms with Crippen LogP contribution in [0.25, 0.3) is 0 Å². The highest BCUT2D eigenvalue weighted by Gasteiger charge is 2.39. The maximum Gasteiger partial charge on any atom is 0.240 e. The third-order valence-corrected chi connectivity index (χ3v) is 6.89. The Labute approximate surface area is 128 Å². The first-order valence-corrected chi connectivity index (χ1v) is 9.91. The summed E-state index contributed by atoms with van der Waals surface area (Å²) in [4.78, 5) is 14.3. The molecule has 1 amide bonds. The quantitative estimate of drug-likeness (QED) is 0.846. The first kappa shape index (κ1) is 16.7. The van der Waals surface area contributed by atoms with Crippen LogP contribution < -0.4 is 5.32 Å². The second-order valence-electron chi connectivity index (χ2n) is 6.46. The van der Waals surface area contributed by atoms with Crippen molar-refractivity contribution >= 4 is 15.7 Å². The summed E-state index contributed by atoms with van der Waals surface area (Å²) in [6.45, 7) is 6.63. The number of carbonyl (C=O) groups is 1. The molecular weight excluding hydrogens is 288 g/mol. The van der Waals surface area contributed by atoms with E-state index in [2.05, 4.69) is 19.2 Å². The van der Waals surface area contributed by atoms with Gasteiger partial charge in [-0.05, 0) is 38.1 Å². The molecule has 2 aliphatic heterocycles. The summed E-state index contributed by atoms with van der Waals surface area (Å²) in [5.41, 5.74) is 0. The van der Waals surface area contributed by atoms with Crippen molar-refractivity contribution in [1.82, 2.24) is 10.2 Å². The minimum absolute atomic E-state index is 0.157. The van der Waals surface area contributed by atoms with Crippen LogP contribution in [-0.2, 0) is 14.6 Å². The number of nitrogens with zero attached hydrogens (tertiary/aromatic N) is 1. The second kappa shape index (κ2) is 7.09. The smallest absolute Gasteiger partial charge is 0.240 e. The first-order chi connectivity index (χ1) is 9.95. The Balaban J connectivity index is 1.95. The number of sulfone groups is 1. The van der Waals surface area contributed by atoms with Crippen LogP contribution in [0.15, 0.2) is 0 Å². The van der Waals surface area contributed by atoms with Gasteiger partial charge >= 0.3 is 0 Å². The molecule has 0 bridgehead atoms. The van der Waals surface area contributed by atoms with Crippen molar-refractivity contribution in [2.24, 2.45) is 5.92 Å². The van der Waals surface area contributed by atoms with Gasteiger partial charge in [0.1, 0.15) is 5.25 Å². The zero-order valence-corrected chi connectivity index (χ0v) is 14.0. The zero-order valence-electron chi connectivity index (χ0n) is 13.2. The highest BCUT2D eigenvalue weighted by Crippen LogP contribution is 2.24. The van der Waals surface area contributed by atoms with E-state index in [0.717, 1.165) is 25.8 Å². The highest BCUT2D eigenvalue weighted by molar-refractivity contribution is 7.92. The number of piperidine rings is 1. The molecule has 2 fully saturated rings. The molecule has 1 N–H and O–H groups in total. The van der Waals surface area contributed by atoms with Crippen LogP contribution in [0.1, 0.15) is 46.0 Å². The molecule has 0 radical (unpaired) electrons. The maximum atomic E-state index is 12.6. The van der Waals surface area contributed by atoms with Gasteiger partial charge in [0.2, 0.25) is 5.91 Å². The van der Waals surface area contributed by atoms with Gasteiger partial charge in [-0.3, -0.25) is 4.79 Å². The molecule has 2 aliphatic rings. The normalized spacial score (nSPS) is 32.9. The molecule has 6 heteroatoms. The van der Waals surface area contributed by atoms with Crippen LogP contribution >= 0.6 is 0 Å². The Bertz CT molecular complexity index is 464. The SMILES string of the molecule is CCCNC1CCN(C(=O)C2CCCCS2(=O)=O)CC1C. The van der Waals surface area contributed by atoms with E-state index >= 15 is 0 Å². The van der Waals surface area contributed by atoms with Gasteiger partial charge in [-0.25, -0.2) is 8.42 Å². The van der Waals surface area contributed by atoms with E-state index < -0.39 is 15.1 Å². The lowest BCUT2D eigenvalue weighted by Crippen LogP contribution is -2.54. The molecule has 0 aromatic rings. The van der Waals surface area contributed by atoms with Crippen LogP contribution in [0.3, 0.4) is 0 Å². The topological polar surface area (TPSA) is 66.5 Å². The van der Waals surface area contributed by atoms with Crippen molar-refractivity contribution in [2.75, 3.05) is 25.4 Å². The number of carbonyl (C=O) groups excluding carboxylic acids is 1. The molecule has 0 aromatic carbocycles. The Morgan fingerprint density at radius 2 is 2.05 bits per heavy atom. The number of rotatable bonds is 4. The molecule has 3 unspecified atom stereocenters. The Morgan fingerprint density at radius 3 is 2.67 bits per heavy atom. The average molecular weight is 316 g/mol. The molecule has 2 heterocycles. The summed E-state index contributed by atoms with van der Waals surface area (Å²) >= 11 is 0. The molecule has 2 saturated heterocycles. The lowest BCUT2D eigenvalue weighted by Gasteiger charge is -2.39. The average Bonchev–Trinajstić information content (AvgIpc) is 2.45. The minimum Gasteiger partial charge on any atom is -0.341 e. The molecule has 0 aliphatic carbocycles. The van der Waals surface area contributed by atoms with E-state index in [4.69, 9.17) is 0 Å². The van der Waals surface area contributed by atoms with Gasteiger partial charge in [0, 0.05) is 19.1 Å². The van der Waals surface area contributed by atoms with Crippen molar-refractivity contribution in [3.63, 3.8) is 0 Å². The fourth-order valence-corrected chi connectivity index (χ4v) is 5.29. The van der Waals surface area contributed by atoms with Crippen molar-refractivity contribution < 1.29 is 13.2 Å². The third kappa shape index (κ3) is 3.97. The van der Waals surface area contributed by atoms with Crippen molar-refractivity contribution in [1.29, 1.82) is 0 Å². The minimum atomic E-state index is -3.22.